The van der Waals surface area contributed by atoms with Crippen molar-refractivity contribution < 1.29 is 14.2 Å². The van der Waals surface area contributed by atoms with Crippen LogP contribution in [0.1, 0.15) is 25.8 Å². The second-order valence-electron chi connectivity index (χ2n) is 4.22. The Bertz CT molecular complexity index is 360. The number of rotatable bonds is 7. The number of ether oxygens (including phenoxy) is 3. The maximum atomic E-state index is 5.32. The van der Waals surface area contributed by atoms with E-state index < -0.39 is 0 Å². The van der Waals surface area contributed by atoms with Crippen molar-refractivity contribution in [2.24, 2.45) is 0 Å². The van der Waals surface area contributed by atoms with Gasteiger partial charge in [0.25, 0.3) is 0 Å². The zero-order valence-electron chi connectivity index (χ0n) is 12.3. The summed E-state index contributed by atoms with van der Waals surface area (Å²) < 4.78 is 15.9. The molecule has 0 aromatic heterocycles. The lowest BCUT2D eigenvalue weighted by atomic mass is 10.1. The van der Waals surface area contributed by atoms with Crippen LogP contribution in [-0.4, -0.2) is 27.4 Å². The molecule has 0 spiro atoms. The summed E-state index contributed by atoms with van der Waals surface area (Å²) >= 11 is 0. The zero-order valence-corrected chi connectivity index (χ0v) is 13.1. The molecule has 0 amide bonds. The molecule has 0 fully saturated rings. The van der Waals surface area contributed by atoms with E-state index in [1.54, 1.807) is 21.3 Å². The summed E-state index contributed by atoms with van der Waals surface area (Å²) in [6.45, 7) is 5.11. The van der Waals surface area contributed by atoms with E-state index in [0.717, 1.165) is 18.5 Å². The molecular weight excluding hydrogens is 266 g/mol. The topological polar surface area (TPSA) is 39.7 Å². The maximum Gasteiger partial charge on any atom is 0.203 e. The van der Waals surface area contributed by atoms with Crippen molar-refractivity contribution >= 4 is 12.4 Å². The lowest BCUT2D eigenvalue weighted by Gasteiger charge is -2.16. The van der Waals surface area contributed by atoms with Crippen molar-refractivity contribution in [2.45, 2.75) is 32.9 Å². The second-order valence-corrected chi connectivity index (χ2v) is 4.22. The molecule has 1 rings (SSSR count). The monoisotopic (exact) mass is 289 g/mol. The normalized spacial score (nSPS) is 11.4. The fourth-order valence-electron chi connectivity index (χ4n) is 1.67. The van der Waals surface area contributed by atoms with Crippen molar-refractivity contribution in [3.63, 3.8) is 0 Å². The Balaban J connectivity index is 0.00000324. The van der Waals surface area contributed by atoms with Crippen LogP contribution in [0.25, 0.3) is 0 Å². The van der Waals surface area contributed by atoms with Gasteiger partial charge in [-0.15, -0.1) is 12.4 Å². The van der Waals surface area contributed by atoms with Crippen molar-refractivity contribution in [3.05, 3.63) is 17.7 Å². The first kappa shape index (κ1) is 17.9. The number of halogens is 1. The van der Waals surface area contributed by atoms with Crippen LogP contribution < -0.4 is 19.5 Å². The van der Waals surface area contributed by atoms with Gasteiger partial charge in [0, 0.05) is 12.6 Å². The van der Waals surface area contributed by atoms with E-state index in [9.17, 15) is 0 Å². The van der Waals surface area contributed by atoms with Gasteiger partial charge in [-0.1, -0.05) is 6.92 Å². The van der Waals surface area contributed by atoms with Crippen LogP contribution in [0.4, 0.5) is 0 Å². The Kier molecular flexibility index (Phi) is 8.35. The molecule has 0 radical (unpaired) electrons. The van der Waals surface area contributed by atoms with E-state index in [1.807, 2.05) is 12.1 Å². The minimum absolute atomic E-state index is 0. The minimum atomic E-state index is 0. The molecule has 0 heterocycles. The standard InChI is InChI=1S/C14H23NO3.ClH/c1-6-10(2)15-9-11-7-12(16-3)14(18-5)13(8-11)17-4;/h7-8,10,15H,6,9H2,1-5H3;1H. The molecule has 1 unspecified atom stereocenters. The molecule has 19 heavy (non-hydrogen) atoms. The highest BCUT2D eigenvalue weighted by Gasteiger charge is 2.13. The van der Waals surface area contributed by atoms with Crippen LogP contribution in [0, 0.1) is 0 Å². The summed E-state index contributed by atoms with van der Waals surface area (Å²) in [5, 5.41) is 3.44. The van der Waals surface area contributed by atoms with Crippen molar-refractivity contribution in [2.75, 3.05) is 21.3 Å². The van der Waals surface area contributed by atoms with Crippen molar-refractivity contribution in [3.8, 4) is 17.2 Å². The molecule has 0 bridgehead atoms. The van der Waals surface area contributed by atoms with Crippen LogP contribution in [0.5, 0.6) is 17.2 Å². The van der Waals surface area contributed by atoms with Crippen molar-refractivity contribution in [1.82, 2.24) is 5.32 Å². The van der Waals surface area contributed by atoms with E-state index in [2.05, 4.69) is 19.2 Å². The van der Waals surface area contributed by atoms with Gasteiger partial charge < -0.3 is 19.5 Å². The average molecular weight is 290 g/mol. The second kappa shape index (κ2) is 8.88. The van der Waals surface area contributed by atoms with Crippen LogP contribution in [0.15, 0.2) is 12.1 Å². The Morgan fingerprint density at radius 1 is 1.05 bits per heavy atom. The number of benzene rings is 1. The molecule has 1 N–H and O–H groups in total. The first-order valence-electron chi connectivity index (χ1n) is 6.18. The smallest absolute Gasteiger partial charge is 0.203 e. The molecule has 0 aliphatic rings. The predicted molar refractivity (Wildman–Crippen MR) is 79.9 cm³/mol. The van der Waals surface area contributed by atoms with E-state index in [-0.39, 0.29) is 12.4 Å². The average Bonchev–Trinajstić information content (AvgIpc) is 2.43. The Morgan fingerprint density at radius 2 is 1.58 bits per heavy atom. The number of methoxy groups -OCH3 is 3. The van der Waals surface area contributed by atoms with E-state index in [0.29, 0.717) is 23.3 Å². The van der Waals surface area contributed by atoms with Crippen molar-refractivity contribution in [1.29, 1.82) is 0 Å². The lowest BCUT2D eigenvalue weighted by molar-refractivity contribution is 0.323. The Morgan fingerprint density at radius 3 is 1.95 bits per heavy atom. The first-order valence-corrected chi connectivity index (χ1v) is 6.18. The molecular formula is C14H24ClNO3. The SMILES string of the molecule is CCC(C)NCc1cc(OC)c(OC)c(OC)c1.Cl. The molecule has 5 heteroatoms. The Hall–Kier alpha value is -1.13. The van der Waals surface area contributed by atoms with Gasteiger partial charge in [0.15, 0.2) is 11.5 Å². The van der Waals surface area contributed by atoms with Gasteiger partial charge in [-0.2, -0.15) is 0 Å². The van der Waals surface area contributed by atoms with E-state index in [4.69, 9.17) is 14.2 Å². The third-order valence-corrected chi connectivity index (χ3v) is 2.99. The summed E-state index contributed by atoms with van der Waals surface area (Å²) in [5.74, 6) is 2.02. The van der Waals surface area contributed by atoms with Gasteiger partial charge in [0.2, 0.25) is 5.75 Å². The van der Waals surface area contributed by atoms with Gasteiger partial charge >= 0.3 is 0 Å². The quantitative estimate of drug-likeness (QED) is 0.837. The molecule has 0 saturated heterocycles. The summed E-state index contributed by atoms with van der Waals surface area (Å²) in [6, 6.07) is 4.43. The van der Waals surface area contributed by atoms with Crippen LogP contribution in [0.2, 0.25) is 0 Å². The molecule has 4 nitrogen and oxygen atoms in total. The van der Waals surface area contributed by atoms with E-state index >= 15 is 0 Å². The van der Waals surface area contributed by atoms with Gasteiger partial charge in [-0.25, -0.2) is 0 Å². The van der Waals surface area contributed by atoms with Crippen LogP contribution in [-0.2, 0) is 6.54 Å². The lowest BCUT2D eigenvalue weighted by Crippen LogP contribution is -2.24. The minimum Gasteiger partial charge on any atom is -0.493 e. The largest absolute Gasteiger partial charge is 0.493 e. The third kappa shape index (κ3) is 4.80. The number of hydrogen-bond donors (Lipinski definition) is 1. The maximum absolute atomic E-state index is 5.32. The Labute approximate surface area is 121 Å². The number of nitrogens with one attached hydrogen (secondary N) is 1. The highest BCUT2D eigenvalue weighted by Crippen LogP contribution is 2.38. The van der Waals surface area contributed by atoms with Gasteiger partial charge in [0.05, 0.1) is 21.3 Å². The summed E-state index contributed by atoms with van der Waals surface area (Å²) in [7, 11) is 4.86. The third-order valence-electron chi connectivity index (χ3n) is 2.99. The van der Waals surface area contributed by atoms with Crippen LogP contribution in [0.3, 0.4) is 0 Å². The summed E-state index contributed by atoms with van der Waals surface area (Å²) in [6.07, 6.45) is 1.10. The summed E-state index contributed by atoms with van der Waals surface area (Å²) in [5.41, 5.74) is 1.12. The first-order chi connectivity index (χ1) is 8.65. The van der Waals surface area contributed by atoms with E-state index in [1.165, 1.54) is 0 Å². The summed E-state index contributed by atoms with van der Waals surface area (Å²) in [4.78, 5) is 0. The molecule has 1 atom stereocenters. The molecule has 1 aromatic carbocycles. The fraction of sp³-hybridized carbons (Fsp3) is 0.571. The van der Waals surface area contributed by atoms with Gasteiger partial charge in [-0.05, 0) is 31.0 Å². The van der Waals surface area contributed by atoms with Crippen LogP contribution >= 0.6 is 12.4 Å². The number of hydrogen-bond acceptors (Lipinski definition) is 4. The zero-order chi connectivity index (χ0) is 13.5. The molecule has 0 saturated carbocycles. The predicted octanol–water partition coefficient (Wildman–Crippen LogP) is 3.02. The highest BCUT2D eigenvalue weighted by atomic mass is 35.5. The molecule has 110 valence electrons. The molecule has 0 aliphatic heterocycles. The van der Waals surface area contributed by atoms with Gasteiger partial charge in [-0.3, -0.25) is 0 Å². The molecule has 0 aliphatic carbocycles. The fourth-order valence-corrected chi connectivity index (χ4v) is 1.67. The highest BCUT2D eigenvalue weighted by molar-refractivity contribution is 5.85. The molecule has 1 aromatic rings. The van der Waals surface area contributed by atoms with Gasteiger partial charge in [0.1, 0.15) is 0 Å².